The van der Waals surface area contributed by atoms with Gasteiger partial charge in [0.25, 0.3) is 0 Å². The Balaban J connectivity index is 2.14. The number of hydrogen-bond donors (Lipinski definition) is 0. The number of benzene rings is 1. The molecular weight excluding hydrogens is 256 g/mol. The van der Waals surface area contributed by atoms with E-state index in [9.17, 15) is 0 Å². The quantitative estimate of drug-likeness (QED) is 0.715. The minimum Gasteiger partial charge on any atom is -0.375 e. The van der Waals surface area contributed by atoms with Crippen molar-refractivity contribution in [1.29, 1.82) is 0 Å². The maximum atomic E-state index is 5.99. The van der Waals surface area contributed by atoms with Gasteiger partial charge in [0.2, 0.25) is 0 Å². The van der Waals surface area contributed by atoms with E-state index < -0.39 is 0 Å². The molecular formula is C17H25ClO. The molecule has 1 saturated heterocycles. The number of rotatable bonds is 4. The molecule has 106 valence electrons. The van der Waals surface area contributed by atoms with Gasteiger partial charge in [-0.1, -0.05) is 37.6 Å². The second-order valence-corrected chi connectivity index (χ2v) is 6.21. The molecule has 19 heavy (non-hydrogen) atoms. The highest BCUT2D eigenvalue weighted by molar-refractivity contribution is 6.30. The second-order valence-electron chi connectivity index (χ2n) is 5.77. The Labute approximate surface area is 122 Å². The van der Waals surface area contributed by atoms with Crippen molar-refractivity contribution in [3.05, 3.63) is 34.9 Å². The first kappa shape index (κ1) is 14.9. The summed E-state index contributed by atoms with van der Waals surface area (Å²) in [7, 11) is 0. The summed E-state index contributed by atoms with van der Waals surface area (Å²) in [4.78, 5) is 0. The van der Waals surface area contributed by atoms with E-state index in [1.54, 1.807) is 0 Å². The Morgan fingerprint density at radius 3 is 2.47 bits per heavy atom. The summed E-state index contributed by atoms with van der Waals surface area (Å²) in [6.45, 7) is 6.73. The van der Waals surface area contributed by atoms with Gasteiger partial charge >= 0.3 is 0 Å². The summed E-state index contributed by atoms with van der Waals surface area (Å²) >= 11 is 5.99. The third-order valence-corrected chi connectivity index (χ3v) is 4.64. The van der Waals surface area contributed by atoms with Crippen molar-refractivity contribution >= 4 is 11.6 Å². The molecule has 0 saturated carbocycles. The number of hydrogen-bond acceptors (Lipinski definition) is 1. The van der Waals surface area contributed by atoms with Gasteiger partial charge in [0.1, 0.15) is 0 Å². The summed E-state index contributed by atoms with van der Waals surface area (Å²) < 4.78 is 5.99. The molecule has 1 aromatic carbocycles. The Morgan fingerprint density at radius 1 is 1.21 bits per heavy atom. The lowest BCUT2D eigenvalue weighted by molar-refractivity contribution is -0.0677. The van der Waals surface area contributed by atoms with Crippen LogP contribution < -0.4 is 0 Å². The van der Waals surface area contributed by atoms with Gasteiger partial charge < -0.3 is 4.74 Å². The van der Waals surface area contributed by atoms with Gasteiger partial charge in [-0.05, 0) is 62.1 Å². The molecule has 0 aromatic heterocycles. The second kappa shape index (κ2) is 6.76. The smallest absolute Gasteiger partial charge is 0.0579 e. The standard InChI is InChI=1S/C17H25ClO/c1-4-16-11-14(10-12(3)19-16)17(5-2)13-6-8-15(18)9-7-13/h6-9,12,14,16-17H,4-5,10-11H2,1-3H3. The van der Waals surface area contributed by atoms with Crippen LogP contribution in [0.3, 0.4) is 0 Å². The molecule has 0 aliphatic carbocycles. The van der Waals surface area contributed by atoms with Crippen LogP contribution in [0.2, 0.25) is 5.02 Å². The van der Waals surface area contributed by atoms with Crippen LogP contribution in [0.4, 0.5) is 0 Å². The minimum absolute atomic E-state index is 0.394. The lowest BCUT2D eigenvalue weighted by atomic mass is 9.76. The van der Waals surface area contributed by atoms with E-state index in [4.69, 9.17) is 16.3 Å². The third-order valence-electron chi connectivity index (χ3n) is 4.39. The zero-order chi connectivity index (χ0) is 13.8. The summed E-state index contributed by atoms with van der Waals surface area (Å²) in [6.07, 6.45) is 5.52. The van der Waals surface area contributed by atoms with Crippen molar-refractivity contribution in [2.24, 2.45) is 5.92 Å². The van der Waals surface area contributed by atoms with Crippen molar-refractivity contribution in [2.45, 2.75) is 64.6 Å². The van der Waals surface area contributed by atoms with Crippen molar-refractivity contribution in [2.75, 3.05) is 0 Å². The molecule has 1 nitrogen and oxygen atoms in total. The predicted molar refractivity (Wildman–Crippen MR) is 81.8 cm³/mol. The zero-order valence-electron chi connectivity index (χ0n) is 12.2. The largest absolute Gasteiger partial charge is 0.375 e. The lowest BCUT2D eigenvalue weighted by Crippen LogP contribution is -2.33. The van der Waals surface area contributed by atoms with Crippen molar-refractivity contribution < 1.29 is 4.74 Å². The highest BCUT2D eigenvalue weighted by Gasteiger charge is 2.31. The van der Waals surface area contributed by atoms with E-state index in [1.165, 1.54) is 24.8 Å². The Morgan fingerprint density at radius 2 is 1.89 bits per heavy atom. The molecule has 0 amide bonds. The highest BCUT2D eigenvalue weighted by atomic mass is 35.5. The van der Waals surface area contributed by atoms with Crippen molar-refractivity contribution in [3.8, 4) is 0 Å². The fourth-order valence-electron chi connectivity index (χ4n) is 3.44. The average molecular weight is 281 g/mol. The van der Waals surface area contributed by atoms with E-state index in [0.717, 1.165) is 17.4 Å². The van der Waals surface area contributed by atoms with Crippen molar-refractivity contribution in [1.82, 2.24) is 0 Å². The Kier molecular flexibility index (Phi) is 5.29. The highest BCUT2D eigenvalue weighted by Crippen LogP contribution is 2.39. The van der Waals surface area contributed by atoms with Crippen LogP contribution in [0.5, 0.6) is 0 Å². The van der Waals surface area contributed by atoms with Crippen LogP contribution in [0, 0.1) is 5.92 Å². The van der Waals surface area contributed by atoms with Gasteiger partial charge in [-0.3, -0.25) is 0 Å². The Hall–Kier alpha value is -0.530. The van der Waals surface area contributed by atoms with Gasteiger partial charge in [0, 0.05) is 5.02 Å². The predicted octanol–water partition coefficient (Wildman–Crippen LogP) is 5.43. The summed E-state index contributed by atoms with van der Waals surface area (Å²) in [5, 5.41) is 0.824. The number of ether oxygens (including phenoxy) is 1. The monoisotopic (exact) mass is 280 g/mol. The average Bonchev–Trinajstić information content (AvgIpc) is 2.41. The van der Waals surface area contributed by atoms with Gasteiger partial charge in [-0.15, -0.1) is 0 Å². The van der Waals surface area contributed by atoms with Gasteiger partial charge in [0.15, 0.2) is 0 Å². The first-order valence-corrected chi connectivity index (χ1v) is 7.92. The fourth-order valence-corrected chi connectivity index (χ4v) is 3.57. The third kappa shape index (κ3) is 3.73. The minimum atomic E-state index is 0.394. The van der Waals surface area contributed by atoms with Crippen molar-refractivity contribution in [3.63, 3.8) is 0 Å². The van der Waals surface area contributed by atoms with E-state index in [-0.39, 0.29) is 0 Å². The molecule has 0 N–H and O–H groups in total. The Bertz CT molecular complexity index is 387. The van der Waals surface area contributed by atoms with Gasteiger partial charge in [0.05, 0.1) is 12.2 Å². The molecule has 2 rings (SSSR count). The van der Waals surface area contributed by atoms with Crippen LogP contribution >= 0.6 is 11.6 Å². The van der Waals surface area contributed by atoms with Crippen LogP contribution in [-0.2, 0) is 4.74 Å². The summed E-state index contributed by atoms with van der Waals surface area (Å²) in [6, 6.07) is 8.41. The van der Waals surface area contributed by atoms with E-state index in [2.05, 4.69) is 32.9 Å². The fraction of sp³-hybridized carbons (Fsp3) is 0.647. The van der Waals surface area contributed by atoms with E-state index in [0.29, 0.717) is 18.1 Å². The zero-order valence-corrected chi connectivity index (χ0v) is 13.0. The molecule has 0 bridgehead atoms. The molecule has 1 aliphatic rings. The van der Waals surface area contributed by atoms with Crippen LogP contribution in [0.15, 0.2) is 24.3 Å². The molecule has 1 aliphatic heterocycles. The molecule has 0 radical (unpaired) electrons. The maximum Gasteiger partial charge on any atom is 0.0579 e. The van der Waals surface area contributed by atoms with Crippen LogP contribution in [0.1, 0.15) is 57.9 Å². The summed E-state index contributed by atoms with van der Waals surface area (Å²) in [5.41, 5.74) is 1.43. The first-order chi connectivity index (χ1) is 9.13. The normalized spacial score (nSPS) is 29.2. The SMILES string of the molecule is CCC1CC(C(CC)c2ccc(Cl)cc2)CC(C)O1. The first-order valence-electron chi connectivity index (χ1n) is 7.54. The molecule has 4 atom stereocenters. The molecule has 1 fully saturated rings. The lowest BCUT2D eigenvalue weighted by Gasteiger charge is -2.37. The van der Waals surface area contributed by atoms with Crippen LogP contribution in [-0.4, -0.2) is 12.2 Å². The van der Waals surface area contributed by atoms with Crippen LogP contribution in [0.25, 0.3) is 0 Å². The summed E-state index contributed by atoms with van der Waals surface area (Å²) in [5.74, 6) is 1.37. The van der Waals surface area contributed by atoms with Gasteiger partial charge in [-0.25, -0.2) is 0 Å². The molecule has 1 aromatic rings. The van der Waals surface area contributed by atoms with E-state index in [1.807, 2.05) is 12.1 Å². The molecule has 0 spiro atoms. The topological polar surface area (TPSA) is 9.23 Å². The molecule has 2 heteroatoms. The number of halogens is 1. The molecule has 1 heterocycles. The maximum absolute atomic E-state index is 5.99. The molecule has 4 unspecified atom stereocenters. The van der Waals surface area contributed by atoms with E-state index >= 15 is 0 Å². The van der Waals surface area contributed by atoms with Gasteiger partial charge in [-0.2, -0.15) is 0 Å².